The molecule has 0 aliphatic carbocycles. The highest BCUT2D eigenvalue weighted by Crippen LogP contribution is 2.09. The molecule has 0 saturated carbocycles. The second-order valence-corrected chi connectivity index (χ2v) is 4.01. The Morgan fingerprint density at radius 3 is 2.09 bits per heavy atom. The molecule has 0 spiro atoms. The minimum Gasteiger partial charge on any atom is -0.0860 e. The quantitative estimate of drug-likeness (QED) is 0.565. The summed E-state index contributed by atoms with van der Waals surface area (Å²) in [4.78, 5) is 0. The standard InChI is InChI=1S/C10H13I/c1-8-5-9(2)7-10(6-8)3-4-11/h5-7H,3-4H2,1-2H3. The molecule has 1 rings (SSSR count). The third-order valence-corrected chi connectivity index (χ3v) is 2.20. The molecule has 0 amide bonds. The first kappa shape index (κ1) is 9.04. The molecule has 0 atom stereocenters. The Kier molecular flexibility index (Phi) is 3.37. The van der Waals surface area contributed by atoms with Gasteiger partial charge >= 0.3 is 0 Å². The van der Waals surface area contributed by atoms with Crippen molar-refractivity contribution in [3.63, 3.8) is 0 Å². The van der Waals surface area contributed by atoms with Crippen molar-refractivity contribution >= 4 is 22.6 Å². The molecular formula is C10H13I. The van der Waals surface area contributed by atoms with Crippen molar-refractivity contribution in [2.45, 2.75) is 20.3 Å². The predicted octanol–water partition coefficient (Wildman–Crippen LogP) is 3.28. The van der Waals surface area contributed by atoms with Crippen LogP contribution in [0.2, 0.25) is 0 Å². The topological polar surface area (TPSA) is 0 Å². The molecule has 1 aromatic carbocycles. The summed E-state index contributed by atoms with van der Waals surface area (Å²) in [6.07, 6.45) is 1.20. The molecule has 0 N–H and O–H groups in total. The number of halogens is 1. The lowest BCUT2D eigenvalue weighted by molar-refractivity contribution is 1.15. The number of alkyl halides is 1. The molecule has 0 aliphatic heterocycles. The van der Waals surface area contributed by atoms with E-state index < -0.39 is 0 Å². The van der Waals surface area contributed by atoms with Gasteiger partial charge in [0.1, 0.15) is 0 Å². The lowest BCUT2D eigenvalue weighted by Gasteiger charge is -2.01. The van der Waals surface area contributed by atoms with E-state index in [-0.39, 0.29) is 0 Å². The van der Waals surface area contributed by atoms with Crippen molar-refractivity contribution < 1.29 is 0 Å². The minimum absolute atomic E-state index is 1.20. The van der Waals surface area contributed by atoms with Gasteiger partial charge in [0.15, 0.2) is 0 Å². The number of hydrogen-bond donors (Lipinski definition) is 0. The first-order chi connectivity index (χ1) is 5.22. The summed E-state index contributed by atoms with van der Waals surface area (Å²) in [5.41, 5.74) is 4.23. The summed E-state index contributed by atoms with van der Waals surface area (Å²) in [7, 11) is 0. The third-order valence-electron chi connectivity index (χ3n) is 1.66. The highest BCUT2D eigenvalue weighted by molar-refractivity contribution is 14.1. The second-order valence-electron chi connectivity index (χ2n) is 2.93. The fourth-order valence-corrected chi connectivity index (χ4v) is 1.95. The number of hydrogen-bond acceptors (Lipinski definition) is 0. The van der Waals surface area contributed by atoms with Crippen LogP contribution in [-0.4, -0.2) is 4.43 Å². The first-order valence-electron chi connectivity index (χ1n) is 3.85. The Morgan fingerprint density at radius 2 is 1.64 bits per heavy atom. The van der Waals surface area contributed by atoms with Gasteiger partial charge in [0.25, 0.3) is 0 Å². The van der Waals surface area contributed by atoms with Crippen LogP contribution in [-0.2, 0) is 6.42 Å². The lowest BCUT2D eigenvalue weighted by atomic mass is 10.1. The fourth-order valence-electron chi connectivity index (χ4n) is 1.32. The molecule has 11 heavy (non-hydrogen) atoms. The zero-order valence-corrected chi connectivity index (χ0v) is 9.18. The number of benzene rings is 1. The molecule has 1 heteroatoms. The van der Waals surface area contributed by atoms with Crippen molar-refractivity contribution in [1.82, 2.24) is 0 Å². The summed E-state index contributed by atoms with van der Waals surface area (Å²) >= 11 is 2.41. The molecule has 0 unspecified atom stereocenters. The monoisotopic (exact) mass is 260 g/mol. The minimum atomic E-state index is 1.20. The molecule has 0 aromatic heterocycles. The van der Waals surface area contributed by atoms with Gasteiger partial charge in [-0.25, -0.2) is 0 Å². The molecule has 0 radical (unpaired) electrons. The summed E-state index contributed by atoms with van der Waals surface area (Å²) < 4.78 is 1.21. The Bertz CT molecular complexity index is 220. The SMILES string of the molecule is Cc1cc(C)cc(CCI)c1. The van der Waals surface area contributed by atoms with Crippen LogP contribution in [0, 0.1) is 13.8 Å². The van der Waals surface area contributed by atoms with Gasteiger partial charge in [-0.15, -0.1) is 0 Å². The molecule has 0 bridgehead atoms. The number of rotatable bonds is 2. The van der Waals surface area contributed by atoms with Crippen molar-refractivity contribution in [3.8, 4) is 0 Å². The zero-order valence-electron chi connectivity index (χ0n) is 7.02. The highest BCUT2D eigenvalue weighted by atomic mass is 127. The van der Waals surface area contributed by atoms with Crippen LogP contribution in [0.3, 0.4) is 0 Å². The van der Waals surface area contributed by atoms with Crippen LogP contribution in [0.25, 0.3) is 0 Å². The van der Waals surface area contributed by atoms with E-state index in [0.717, 1.165) is 0 Å². The van der Waals surface area contributed by atoms with E-state index in [9.17, 15) is 0 Å². The molecule has 0 aliphatic rings. The van der Waals surface area contributed by atoms with Crippen molar-refractivity contribution in [1.29, 1.82) is 0 Å². The van der Waals surface area contributed by atoms with Crippen LogP contribution < -0.4 is 0 Å². The zero-order chi connectivity index (χ0) is 8.27. The summed E-state index contributed by atoms with van der Waals surface area (Å²) in [6, 6.07) is 6.76. The van der Waals surface area contributed by atoms with Crippen LogP contribution in [0.5, 0.6) is 0 Å². The van der Waals surface area contributed by atoms with Gasteiger partial charge in [-0.3, -0.25) is 0 Å². The largest absolute Gasteiger partial charge is 0.0860 e. The molecule has 0 heterocycles. The Balaban J connectivity index is 2.89. The Labute approximate surface area is 82.2 Å². The van der Waals surface area contributed by atoms with Gasteiger partial charge in [-0.05, 0) is 25.8 Å². The van der Waals surface area contributed by atoms with E-state index in [4.69, 9.17) is 0 Å². The van der Waals surface area contributed by atoms with E-state index in [1.807, 2.05) is 0 Å². The molecule has 0 fully saturated rings. The number of aryl methyl sites for hydroxylation is 3. The average Bonchev–Trinajstić information content (AvgIpc) is 1.85. The van der Waals surface area contributed by atoms with Crippen LogP contribution >= 0.6 is 22.6 Å². The third kappa shape index (κ3) is 2.81. The van der Waals surface area contributed by atoms with Gasteiger partial charge in [0.2, 0.25) is 0 Å². The maximum absolute atomic E-state index is 2.41. The van der Waals surface area contributed by atoms with E-state index in [2.05, 4.69) is 54.6 Å². The maximum atomic E-state index is 2.41. The smallest absolute Gasteiger partial charge is 0.00358 e. The van der Waals surface area contributed by atoms with Gasteiger partial charge in [0.05, 0.1) is 0 Å². The maximum Gasteiger partial charge on any atom is 0.00358 e. The highest BCUT2D eigenvalue weighted by Gasteiger charge is 1.93. The normalized spacial score (nSPS) is 10.1. The second kappa shape index (κ2) is 4.10. The fraction of sp³-hybridized carbons (Fsp3) is 0.400. The van der Waals surface area contributed by atoms with Crippen molar-refractivity contribution in [2.24, 2.45) is 0 Å². The van der Waals surface area contributed by atoms with Crippen LogP contribution in [0.1, 0.15) is 16.7 Å². The van der Waals surface area contributed by atoms with E-state index in [0.29, 0.717) is 0 Å². The van der Waals surface area contributed by atoms with Gasteiger partial charge in [-0.1, -0.05) is 51.9 Å². The molecule has 0 nitrogen and oxygen atoms in total. The summed E-state index contributed by atoms with van der Waals surface area (Å²) in [6.45, 7) is 4.31. The van der Waals surface area contributed by atoms with Crippen LogP contribution in [0.15, 0.2) is 18.2 Å². The molecule has 1 aromatic rings. The summed E-state index contributed by atoms with van der Waals surface area (Å²) in [5, 5.41) is 0. The average molecular weight is 260 g/mol. The van der Waals surface area contributed by atoms with Crippen molar-refractivity contribution in [2.75, 3.05) is 4.43 Å². The Hall–Kier alpha value is -0.0500. The van der Waals surface area contributed by atoms with E-state index in [1.165, 1.54) is 27.5 Å². The molecule has 60 valence electrons. The lowest BCUT2D eigenvalue weighted by Crippen LogP contribution is -1.87. The van der Waals surface area contributed by atoms with Gasteiger partial charge in [0, 0.05) is 4.43 Å². The van der Waals surface area contributed by atoms with Crippen LogP contribution in [0.4, 0.5) is 0 Å². The van der Waals surface area contributed by atoms with E-state index >= 15 is 0 Å². The van der Waals surface area contributed by atoms with E-state index in [1.54, 1.807) is 0 Å². The Morgan fingerprint density at radius 1 is 1.09 bits per heavy atom. The van der Waals surface area contributed by atoms with Crippen molar-refractivity contribution in [3.05, 3.63) is 34.9 Å². The van der Waals surface area contributed by atoms with Gasteiger partial charge in [-0.2, -0.15) is 0 Å². The molecular weight excluding hydrogens is 247 g/mol. The first-order valence-corrected chi connectivity index (χ1v) is 5.38. The van der Waals surface area contributed by atoms with Gasteiger partial charge < -0.3 is 0 Å². The summed E-state index contributed by atoms with van der Waals surface area (Å²) in [5.74, 6) is 0. The molecule has 0 saturated heterocycles. The predicted molar refractivity (Wildman–Crippen MR) is 58.5 cm³/mol.